The average Bonchev–Trinajstić information content (AvgIpc) is 2.98. The topological polar surface area (TPSA) is 100 Å². The largest absolute Gasteiger partial charge is 0.481 e. The van der Waals surface area contributed by atoms with Gasteiger partial charge in [-0.05, 0) is 24.1 Å². The van der Waals surface area contributed by atoms with Gasteiger partial charge in [-0.15, -0.1) is 5.10 Å². The molecule has 0 saturated carbocycles. The molecule has 1 amide bonds. The smallest absolute Gasteiger partial charge is 0.305 e. The lowest BCUT2D eigenvalue weighted by Gasteiger charge is -2.07. The molecule has 0 bridgehead atoms. The molecular formula is C19H24FN3O4S. The van der Waals surface area contributed by atoms with Gasteiger partial charge in [0.1, 0.15) is 11.1 Å². The van der Waals surface area contributed by atoms with Gasteiger partial charge in [0.15, 0.2) is 5.17 Å². The van der Waals surface area contributed by atoms with E-state index in [0.29, 0.717) is 17.7 Å². The van der Waals surface area contributed by atoms with E-state index in [1.165, 1.54) is 24.8 Å². The highest BCUT2D eigenvalue weighted by Gasteiger charge is 2.32. The summed E-state index contributed by atoms with van der Waals surface area (Å²) >= 11 is 1.02. The number of amidine groups is 1. The minimum Gasteiger partial charge on any atom is -0.481 e. The fourth-order valence-electron chi connectivity index (χ4n) is 2.53. The van der Waals surface area contributed by atoms with Crippen LogP contribution in [0.25, 0.3) is 0 Å². The lowest BCUT2D eigenvalue weighted by molar-refractivity contribution is -0.138. The molecule has 1 saturated heterocycles. The van der Waals surface area contributed by atoms with Gasteiger partial charge in [-0.2, -0.15) is 5.10 Å². The molecule has 1 aromatic rings. The molecule has 152 valence electrons. The Hall–Kier alpha value is -2.26. The third kappa shape index (κ3) is 7.40. The summed E-state index contributed by atoms with van der Waals surface area (Å²) in [7, 11) is 0. The zero-order valence-electron chi connectivity index (χ0n) is 15.7. The first-order valence-corrected chi connectivity index (χ1v) is 10.0. The number of amides is 1. The number of aliphatic carboxylic acids is 1. The van der Waals surface area contributed by atoms with E-state index in [0.717, 1.165) is 31.0 Å². The molecule has 1 aliphatic rings. The molecule has 28 heavy (non-hydrogen) atoms. The first kappa shape index (κ1) is 22.0. The van der Waals surface area contributed by atoms with E-state index < -0.39 is 17.1 Å². The van der Waals surface area contributed by atoms with E-state index in [1.807, 2.05) is 0 Å². The number of carbonyl (C=O) groups is 2. The lowest BCUT2D eigenvalue weighted by atomic mass is 10.1. The van der Waals surface area contributed by atoms with Gasteiger partial charge in [0.05, 0.1) is 19.2 Å². The summed E-state index contributed by atoms with van der Waals surface area (Å²) < 4.78 is 19.2. The molecule has 0 radical (unpaired) electrons. The number of thioether (sulfide) groups is 1. The van der Waals surface area contributed by atoms with Gasteiger partial charge in [0, 0.05) is 12.2 Å². The van der Waals surface area contributed by atoms with Crippen LogP contribution in [0.15, 0.2) is 28.4 Å². The Morgan fingerprint density at radius 2 is 2.21 bits per heavy atom. The Morgan fingerprint density at radius 1 is 1.39 bits per heavy atom. The van der Waals surface area contributed by atoms with Gasteiger partial charge in [-0.3, -0.25) is 9.59 Å². The van der Waals surface area contributed by atoms with Crippen molar-refractivity contribution in [3.05, 3.63) is 35.1 Å². The number of carboxylic acids is 1. The second-order valence-corrected chi connectivity index (χ2v) is 7.49. The van der Waals surface area contributed by atoms with E-state index in [-0.39, 0.29) is 24.0 Å². The molecule has 2 rings (SSSR count). The Kier molecular flexibility index (Phi) is 9.09. The van der Waals surface area contributed by atoms with Crippen LogP contribution in [0.1, 0.15) is 50.2 Å². The molecule has 1 heterocycles. The highest BCUT2D eigenvalue weighted by Crippen LogP contribution is 2.22. The number of nitrogens with zero attached hydrogens (tertiary/aromatic N) is 2. The molecule has 0 aliphatic carbocycles. The number of carbonyl (C=O) groups excluding carboxylic acids is 1. The van der Waals surface area contributed by atoms with Crippen molar-refractivity contribution in [3.63, 3.8) is 0 Å². The Labute approximate surface area is 167 Å². The average molecular weight is 409 g/mol. The van der Waals surface area contributed by atoms with Crippen LogP contribution in [0.5, 0.6) is 0 Å². The third-order valence-corrected chi connectivity index (χ3v) is 5.06. The van der Waals surface area contributed by atoms with Crippen molar-refractivity contribution in [2.45, 2.75) is 50.9 Å². The van der Waals surface area contributed by atoms with Gasteiger partial charge >= 0.3 is 5.97 Å². The summed E-state index contributed by atoms with van der Waals surface area (Å²) in [5.74, 6) is -1.81. The molecule has 1 aromatic carbocycles. The molecule has 0 spiro atoms. The van der Waals surface area contributed by atoms with Crippen molar-refractivity contribution in [1.82, 2.24) is 5.32 Å². The second-order valence-electron chi connectivity index (χ2n) is 6.30. The van der Waals surface area contributed by atoms with Gasteiger partial charge in [-0.25, -0.2) is 4.39 Å². The molecule has 1 aliphatic heterocycles. The number of ether oxygens (including phenoxy) is 1. The molecule has 0 aromatic heterocycles. The normalized spacial score (nSPS) is 18.1. The highest BCUT2D eigenvalue weighted by molar-refractivity contribution is 8.15. The summed E-state index contributed by atoms with van der Waals surface area (Å²) in [5, 5.41) is 18.6. The minimum atomic E-state index is -1.05. The lowest BCUT2D eigenvalue weighted by Crippen LogP contribution is -2.26. The van der Waals surface area contributed by atoms with E-state index in [2.05, 4.69) is 22.4 Å². The molecule has 1 atom stereocenters. The zero-order valence-corrected chi connectivity index (χ0v) is 16.5. The van der Waals surface area contributed by atoms with Gasteiger partial charge in [0.25, 0.3) is 0 Å². The van der Waals surface area contributed by atoms with E-state index in [9.17, 15) is 14.0 Å². The number of rotatable bonds is 11. The SMILES string of the molecule is CCCCCCOCc1cc(F)ccc1C=NN=C1NC(=O)C(CC(=O)O)S1. The van der Waals surface area contributed by atoms with Crippen molar-refractivity contribution in [3.8, 4) is 0 Å². The Balaban J connectivity index is 1.94. The number of hydrogen-bond acceptors (Lipinski definition) is 6. The zero-order chi connectivity index (χ0) is 20.4. The maximum atomic E-state index is 13.6. The molecule has 1 fully saturated rings. The van der Waals surface area contributed by atoms with Crippen molar-refractivity contribution in [2.75, 3.05) is 6.61 Å². The molecule has 1 unspecified atom stereocenters. The predicted molar refractivity (Wildman–Crippen MR) is 107 cm³/mol. The summed E-state index contributed by atoms with van der Waals surface area (Å²) in [6.07, 6.45) is 5.58. The molecule has 9 heteroatoms. The van der Waals surface area contributed by atoms with E-state index in [4.69, 9.17) is 9.84 Å². The molecule has 7 nitrogen and oxygen atoms in total. The van der Waals surface area contributed by atoms with Crippen molar-refractivity contribution < 1.29 is 23.8 Å². The van der Waals surface area contributed by atoms with Gasteiger partial charge < -0.3 is 15.2 Å². The first-order chi connectivity index (χ1) is 13.5. The first-order valence-electron chi connectivity index (χ1n) is 9.16. The number of benzene rings is 1. The summed E-state index contributed by atoms with van der Waals surface area (Å²) in [5.41, 5.74) is 1.32. The second kappa shape index (κ2) is 11.6. The van der Waals surface area contributed by atoms with Crippen LogP contribution in [-0.2, 0) is 20.9 Å². The van der Waals surface area contributed by atoms with Gasteiger partial charge in [0.2, 0.25) is 5.91 Å². The number of hydrogen-bond donors (Lipinski definition) is 2. The third-order valence-electron chi connectivity index (χ3n) is 3.99. The number of unbranched alkanes of at least 4 members (excludes halogenated alkanes) is 3. The van der Waals surface area contributed by atoms with Crippen LogP contribution in [0.2, 0.25) is 0 Å². The Morgan fingerprint density at radius 3 is 2.96 bits per heavy atom. The standard InChI is InChI=1S/C19H24FN3O4S/c1-2-3-4-5-8-27-12-14-9-15(20)7-6-13(14)11-21-23-19-22-18(26)16(28-19)10-17(24)25/h6-7,9,11,16H,2-5,8,10,12H2,1H3,(H,24,25)(H,22,23,26). The van der Waals surface area contributed by atoms with Crippen LogP contribution < -0.4 is 5.32 Å². The maximum Gasteiger partial charge on any atom is 0.305 e. The monoisotopic (exact) mass is 409 g/mol. The van der Waals surface area contributed by atoms with Crippen LogP contribution in [-0.4, -0.2) is 40.2 Å². The molecular weight excluding hydrogens is 385 g/mol. The van der Waals surface area contributed by atoms with Crippen molar-refractivity contribution in [1.29, 1.82) is 0 Å². The van der Waals surface area contributed by atoms with Crippen molar-refractivity contribution in [2.24, 2.45) is 10.2 Å². The van der Waals surface area contributed by atoms with Crippen molar-refractivity contribution >= 4 is 35.0 Å². The van der Waals surface area contributed by atoms with E-state index >= 15 is 0 Å². The fourth-order valence-corrected chi connectivity index (χ4v) is 3.44. The van der Waals surface area contributed by atoms with Gasteiger partial charge in [-0.1, -0.05) is 44.0 Å². The van der Waals surface area contributed by atoms with Crippen LogP contribution in [0, 0.1) is 5.82 Å². The summed E-state index contributed by atoms with van der Waals surface area (Å²) in [6.45, 7) is 3.03. The highest BCUT2D eigenvalue weighted by atomic mass is 32.2. The number of nitrogens with one attached hydrogen (secondary N) is 1. The molecule has 2 N–H and O–H groups in total. The number of halogens is 1. The van der Waals surface area contributed by atoms with Crippen LogP contribution in [0.3, 0.4) is 0 Å². The summed E-state index contributed by atoms with van der Waals surface area (Å²) in [6, 6.07) is 4.31. The summed E-state index contributed by atoms with van der Waals surface area (Å²) in [4.78, 5) is 22.4. The Bertz CT molecular complexity index is 755. The predicted octanol–water partition coefficient (Wildman–Crippen LogP) is 3.32. The minimum absolute atomic E-state index is 0.239. The van der Waals surface area contributed by atoms with Crippen LogP contribution >= 0.6 is 11.8 Å². The maximum absolute atomic E-state index is 13.6. The quantitative estimate of drug-likeness (QED) is 0.332. The van der Waals surface area contributed by atoms with Crippen LogP contribution in [0.4, 0.5) is 4.39 Å². The van der Waals surface area contributed by atoms with E-state index in [1.54, 1.807) is 6.07 Å². The number of carboxylic acid groups (broad SMARTS) is 1. The fraction of sp³-hybridized carbons (Fsp3) is 0.474.